The maximum Gasteiger partial charge on any atom is 0.268 e. The van der Waals surface area contributed by atoms with Crippen molar-refractivity contribution < 1.29 is 9.59 Å². The van der Waals surface area contributed by atoms with Crippen LogP contribution in [0.4, 0.5) is 11.6 Å². The first-order valence-electron chi connectivity index (χ1n) is 12.4. The Labute approximate surface area is 220 Å². The average Bonchev–Trinajstić information content (AvgIpc) is 3.53. The second kappa shape index (κ2) is 10.6. The van der Waals surface area contributed by atoms with Crippen LogP contribution in [0.2, 0.25) is 0 Å². The first-order valence-corrected chi connectivity index (χ1v) is 13.2. The van der Waals surface area contributed by atoms with Crippen molar-refractivity contribution >= 4 is 45.8 Å². The summed E-state index contributed by atoms with van der Waals surface area (Å²) in [7, 11) is 3.66. The molecule has 2 N–H and O–H groups in total. The highest BCUT2D eigenvalue weighted by Gasteiger charge is 2.33. The van der Waals surface area contributed by atoms with Gasteiger partial charge in [0.1, 0.15) is 0 Å². The Morgan fingerprint density at radius 2 is 2.03 bits per heavy atom. The highest BCUT2D eigenvalue weighted by atomic mass is 32.1. The molecule has 1 saturated carbocycles. The molecule has 3 heterocycles. The number of hydrogen-bond acceptors (Lipinski definition) is 6. The first kappa shape index (κ1) is 24.7. The number of amides is 2. The molecule has 0 aliphatic heterocycles. The summed E-state index contributed by atoms with van der Waals surface area (Å²) in [6.45, 7) is 4.27. The van der Waals surface area contributed by atoms with E-state index in [1.807, 2.05) is 49.5 Å². The summed E-state index contributed by atoms with van der Waals surface area (Å²) in [6.07, 6.45) is 7.82. The Bertz CT molecular complexity index is 1450. The van der Waals surface area contributed by atoms with Gasteiger partial charge in [-0.1, -0.05) is 18.7 Å². The molecule has 37 heavy (non-hydrogen) atoms. The molecule has 0 spiro atoms. The molecule has 8 nitrogen and oxygen atoms in total. The molecule has 190 valence electrons. The Balaban J connectivity index is 1.31. The van der Waals surface area contributed by atoms with E-state index >= 15 is 0 Å². The zero-order valence-corrected chi connectivity index (χ0v) is 21.8. The minimum atomic E-state index is -0.175. The van der Waals surface area contributed by atoms with Crippen LogP contribution in [0.15, 0.2) is 67.5 Å². The van der Waals surface area contributed by atoms with Gasteiger partial charge in [-0.3, -0.25) is 19.9 Å². The van der Waals surface area contributed by atoms with E-state index in [9.17, 15) is 9.59 Å². The van der Waals surface area contributed by atoms with Crippen molar-refractivity contribution in [1.82, 2.24) is 19.4 Å². The summed E-state index contributed by atoms with van der Waals surface area (Å²) in [5.74, 6) is 0.870. The fourth-order valence-electron chi connectivity index (χ4n) is 4.78. The zero-order valence-electron chi connectivity index (χ0n) is 21.0. The number of benzene rings is 1. The van der Waals surface area contributed by atoms with E-state index in [1.165, 1.54) is 17.4 Å². The largest absolute Gasteiger partial charge is 0.387 e. The molecule has 0 radical (unpaired) electrons. The Hall–Kier alpha value is -3.98. The predicted molar refractivity (Wildman–Crippen MR) is 149 cm³/mol. The number of likely N-dealkylation sites (N-methyl/N-ethyl adjacent to an activating group) is 1. The third-order valence-electron chi connectivity index (χ3n) is 6.96. The normalized spacial score (nSPS) is 16.7. The molecule has 3 aromatic heterocycles. The van der Waals surface area contributed by atoms with Gasteiger partial charge in [-0.2, -0.15) is 0 Å². The molecule has 5 rings (SSSR count). The van der Waals surface area contributed by atoms with Crippen LogP contribution in [-0.2, 0) is 4.79 Å². The number of hydrogen-bond donors (Lipinski definition) is 2. The van der Waals surface area contributed by atoms with Crippen molar-refractivity contribution in [3.05, 3.63) is 72.4 Å². The topological polar surface area (TPSA) is 92.2 Å². The van der Waals surface area contributed by atoms with E-state index < -0.39 is 0 Å². The van der Waals surface area contributed by atoms with E-state index in [4.69, 9.17) is 4.98 Å². The summed E-state index contributed by atoms with van der Waals surface area (Å²) in [5, 5.41) is 6.17. The standard InChI is InChI=1S/C28H30N6O2S/c1-4-26(35)33(3)12-11-18-13-21(14-18)34-23-8-6-5-7-22(23)31-28(34)32-27(36)25-10-9-24(37-25)19-15-20(29-2)17-30-16-19/h4-10,15-18,21,29H,1,11-14H2,2-3H3,(H,31,32,36). The molecule has 0 saturated heterocycles. The van der Waals surface area contributed by atoms with Crippen LogP contribution in [0.1, 0.15) is 35.0 Å². The fourth-order valence-corrected chi connectivity index (χ4v) is 5.66. The lowest BCUT2D eigenvalue weighted by molar-refractivity contribution is -0.125. The van der Waals surface area contributed by atoms with Crippen molar-refractivity contribution in [2.24, 2.45) is 5.92 Å². The number of para-hydroxylation sites is 2. The number of rotatable bonds is 9. The van der Waals surface area contributed by atoms with Crippen LogP contribution in [-0.4, -0.2) is 51.9 Å². The molecule has 1 aliphatic carbocycles. The van der Waals surface area contributed by atoms with Gasteiger partial charge in [0.2, 0.25) is 11.9 Å². The summed E-state index contributed by atoms with van der Waals surface area (Å²) in [4.78, 5) is 37.3. The number of carbonyl (C=O) groups excluding carboxylic acids is 2. The van der Waals surface area contributed by atoms with Gasteiger partial charge in [-0.05, 0) is 61.6 Å². The lowest BCUT2D eigenvalue weighted by Crippen LogP contribution is -2.33. The second-order valence-corrected chi connectivity index (χ2v) is 10.5. The van der Waals surface area contributed by atoms with E-state index in [1.54, 1.807) is 24.3 Å². The van der Waals surface area contributed by atoms with Gasteiger partial charge in [0.15, 0.2) is 0 Å². The number of carbonyl (C=O) groups is 2. The minimum Gasteiger partial charge on any atom is -0.387 e. The van der Waals surface area contributed by atoms with E-state index in [0.717, 1.165) is 46.4 Å². The fraction of sp³-hybridized carbons (Fsp3) is 0.286. The molecule has 0 bridgehead atoms. The molecular weight excluding hydrogens is 484 g/mol. The summed E-state index contributed by atoms with van der Waals surface area (Å²) in [6, 6.07) is 14.0. The van der Waals surface area contributed by atoms with Gasteiger partial charge in [-0.15, -0.1) is 11.3 Å². The molecule has 1 aliphatic rings. The monoisotopic (exact) mass is 514 g/mol. The van der Waals surface area contributed by atoms with Gasteiger partial charge >= 0.3 is 0 Å². The molecule has 2 amide bonds. The Kier molecular flexibility index (Phi) is 7.05. The second-order valence-electron chi connectivity index (χ2n) is 9.37. The molecule has 0 atom stereocenters. The van der Waals surface area contributed by atoms with Gasteiger partial charge in [0, 0.05) is 49.5 Å². The summed E-state index contributed by atoms with van der Waals surface area (Å²) < 4.78 is 2.16. The van der Waals surface area contributed by atoms with Crippen LogP contribution >= 0.6 is 11.3 Å². The third kappa shape index (κ3) is 5.13. The highest BCUT2D eigenvalue weighted by molar-refractivity contribution is 7.17. The third-order valence-corrected chi connectivity index (χ3v) is 8.10. The number of aromatic nitrogens is 3. The Morgan fingerprint density at radius 3 is 2.81 bits per heavy atom. The number of nitrogens with zero attached hydrogens (tertiary/aromatic N) is 4. The van der Waals surface area contributed by atoms with Gasteiger partial charge in [0.25, 0.3) is 5.91 Å². The molecule has 4 aromatic rings. The van der Waals surface area contributed by atoms with E-state index in [0.29, 0.717) is 23.3 Å². The first-order chi connectivity index (χ1) is 18.0. The van der Waals surface area contributed by atoms with E-state index in [2.05, 4.69) is 26.8 Å². The number of pyridine rings is 1. The zero-order chi connectivity index (χ0) is 25.9. The smallest absolute Gasteiger partial charge is 0.268 e. The SMILES string of the molecule is C=CC(=O)N(C)CCC1CC(n2c(NC(=O)c3ccc(-c4cncc(NC)c4)s3)nc3ccccc32)C1. The van der Waals surface area contributed by atoms with Gasteiger partial charge in [0.05, 0.1) is 21.6 Å². The van der Waals surface area contributed by atoms with Crippen LogP contribution in [0.25, 0.3) is 21.5 Å². The average molecular weight is 515 g/mol. The number of imidazole rings is 1. The molecule has 9 heteroatoms. The maximum absolute atomic E-state index is 13.2. The van der Waals surface area contributed by atoms with Crippen molar-refractivity contribution in [3.63, 3.8) is 0 Å². The molecule has 1 aromatic carbocycles. The van der Waals surface area contributed by atoms with Crippen LogP contribution in [0.3, 0.4) is 0 Å². The van der Waals surface area contributed by atoms with Crippen molar-refractivity contribution in [3.8, 4) is 10.4 Å². The quantitative estimate of drug-likeness (QED) is 0.290. The molecule has 0 unspecified atom stereocenters. The van der Waals surface area contributed by atoms with Gasteiger partial charge < -0.3 is 14.8 Å². The maximum atomic E-state index is 13.2. The number of fused-ring (bicyclic) bond motifs is 1. The summed E-state index contributed by atoms with van der Waals surface area (Å²) in [5.41, 5.74) is 3.76. The van der Waals surface area contributed by atoms with Crippen molar-refractivity contribution in [2.45, 2.75) is 25.3 Å². The number of anilines is 2. The molecule has 1 fully saturated rings. The predicted octanol–water partition coefficient (Wildman–Crippen LogP) is 5.44. The lowest BCUT2D eigenvalue weighted by atomic mass is 9.78. The lowest BCUT2D eigenvalue weighted by Gasteiger charge is -2.38. The van der Waals surface area contributed by atoms with E-state index in [-0.39, 0.29) is 17.9 Å². The number of thiophene rings is 1. The van der Waals surface area contributed by atoms with Crippen LogP contribution in [0, 0.1) is 5.92 Å². The van der Waals surface area contributed by atoms with Crippen LogP contribution in [0.5, 0.6) is 0 Å². The van der Waals surface area contributed by atoms with Gasteiger partial charge in [-0.25, -0.2) is 4.98 Å². The van der Waals surface area contributed by atoms with Crippen LogP contribution < -0.4 is 10.6 Å². The summed E-state index contributed by atoms with van der Waals surface area (Å²) >= 11 is 1.43. The molecular formula is C28H30N6O2S. The van der Waals surface area contributed by atoms with Crippen molar-refractivity contribution in [1.29, 1.82) is 0 Å². The van der Waals surface area contributed by atoms with Crippen molar-refractivity contribution in [2.75, 3.05) is 31.3 Å². The Morgan fingerprint density at radius 1 is 1.22 bits per heavy atom. The number of nitrogens with one attached hydrogen (secondary N) is 2. The highest BCUT2D eigenvalue weighted by Crippen LogP contribution is 2.43. The minimum absolute atomic E-state index is 0.0517.